The van der Waals surface area contributed by atoms with Gasteiger partial charge in [0.05, 0.1) is 36.0 Å². The summed E-state index contributed by atoms with van der Waals surface area (Å²) >= 11 is 19.2. The molecule has 4 rings (SSSR count). The number of rotatable bonds is 6. The van der Waals surface area contributed by atoms with Crippen LogP contribution in [-0.4, -0.2) is 70.2 Å². The predicted molar refractivity (Wildman–Crippen MR) is 160 cm³/mol. The van der Waals surface area contributed by atoms with Gasteiger partial charge in [0.2, 0.25) is 11.1 Å². The van der Waals surface area contributed by atoms with Crippen molar-refractivity contribution in [2.45, 2.75) is 69.9 Å². The van der Waals surface area contributed by atoms with Gasteiger partial charge in [-0.15, -0.1) is 0 Å². The Balaban J connectivity index is 1.79. The molecular weight excluding hydrogens is 623 g/mol. The van der Waals surface area contributed by atoms with Crippen molar-refractivity contribution in [1.29, 1.82) is 5.26 Å². The monoisotopic (exact) mass is 652 g/mol. The Kier molecular flexibility index (Phi) is 9.59. The number of nitro groups is 1. The number of carbonyl (C=O) groups is 2. The third-order valence-corrected chi connectivity index (χ3v) is 8.31. The topological polar surface area (TPSA) is 152 Å². The van der Waals surface area contributed by atoms with Crippen LogP contribution < -0.4 is 4.90 Å². The van der Waals surface area contributed by atoms with Crippen molar-refractivity contribution in [3.8, 4) is 6.07 Å². The molecule has 0 N–H and O–H groups in total. The van der Waals surface area contributed by atoms with Gasteiger partial charge < -0.3 is 19.3 Å². The van der Waals surface area contributed by atoms with Crippen LogP contribution in [0.4, 0.5) is 16.3 Å². The standard InChI is InChI=1S/C28H31Cl3N6O6/c1-27(2,3)43-26(39)36-11-10-35(15-17(36)7-9-32)23-22(37(40)41)21(33-25(31)34-23)14-28(24(38)42-4)8-5-6-18-19(28)12-16(29)13-20(18)30/h12-13,17H,5-8,10-11,14-15H2,1-4H3/t17-,28?/m0/s1. The molecule has 1 amide bonds. The second kappa shape index (κ2) is 12.7. The lowest BCUT2D eigenvalue weighted by molar-refractivity contribution is -0.385. The van der Waals surface area contributed by atoms with Gasteiger partial charge in [0.15, 0.2) is 0 Å². The summed E-state index contributed by atoms with van der Waals surface area (Å²) in [5.41, 5.74) is -1.40. The van der Waals surface area contributed by atoms with E-state index in [9.17, 15) is 25.0 Å². The van der Waals surface area contributed by atoms with Crippen molar-refractivity contribution in [1.82, 2.24) is 14.9 Å². The molecule has 2 heterocycles. The van der Waals surface area contributed by atoms with Gasteiger partial charge >= 0.3 is 17.7 Å². The summed E-state index contributed by atoms with van der Waals surface area (Å²) < 4.78 is 10.7. The van der Waals surface area contributed by atoms with Crippen LogP contribution in [-0.2, 0) is 32.5 Å². The van der Waals surface area contributed by atoms with E-state index in [0.29, 0.717) is 40.4 Å². The van der Waals surface area contributed by atoms with E-state index in [1.807, 2.05) is 0 Å². The Morgan fingerprint density at radius 3 is 2.58 bits per heavy atom. The van der Waals surface area contributed by atoms with Gasteiger partial charge in [-0.05, 0) is 74.9 Å². The maximum Gasteiger partial charge on any atom is 0.410 e. The van der Waals surface area contributed by atoms with Gasteiger partial charge in [-0.2, -0.15) is 10.2 Å². The van der Waals surface area contributed by atoms with Gasteiger partial charge in [-0.25, -0.2) is 9.78 Å². The van der Waals surface area contributed by atoms with Crippen molar-refractivity contribution in [3.63, 3.8) is 0 Å². The number of esters is 1. The first kappa shape index (κ1) is 32.5. The molecule has 0 saturated carbocycles. The number of anilines is 1. The van der Waals surface area contributed by atoms with Crippen molar-refractivity contribution < 1.29 is 24.0 Å². The number of methoxy groups -OCH3 is 1. The Hall–Kier alpha value is -3.40. The van der Waals surface area contributed by atoms with E-state index >= 15 is 0 Å². The fraction of sp³-hybridized carbons (Fsp3) is 0.536. The highest BCUT2D eigenvalue weighted by atomic mass is 35.5. The molecule has 1 aromatic heterocycles. The van der Waals surface area contributed by atoms with Crippen LogP contribution in [0.3, 0.4) is 0 Å². The fourth-order valence-electron chi connectivity index (χ4n) is 5.81. The Labute approximate surface area is 264 Å². The summed E-state index contributed by atoms with van der Waals surface area (Å²) in [6.07, 6.45) is 0.593. The molecule has 1 aromatic carbocycles. The molecule has 230 valence electrons. The number of ether oxygens (including phenoxy) is 2. The van der Waals surface area contributed by atoms with Gasteiger partial charge in [-0.3, -0.25) is 14.9 Å². The number of amides is 1. The normalized spacial score (nSPS) is 20.2. The van der Waals surface area contributed by atoms with E-state index in [-0.39, 0.29) is 49.3 Å². The van der Waals surface area contributed by atoms with E-state index in [1.165, 1.54) is 12.0 Å². The SMILES string of the molecule is COC(=O)C1(Cc2nc(Cl)nc(N3CCN(C(=O)OC(C)(C)C)[C@@H](CC#N)C3)c2[N+](=O)[O-])CCCc2c(Cl)cc(Cl)cc21. The zero-order chi connectivity index (χ0) is 31.7. The Morgan fingerprint density at radius 2 is 1.95 bits per heavy atom. The third-order valence-electron chi connectivity index (χ3n) is 7.58. The minimum atomic E-state index is -1.38. The number of aromatic nitrogens is 2. The summed E-state index contributed by atoms with van der Waals surface area (Å²) in [6.45, 7) is 5.53. The van der Waals surface area contributed by atoms with Crippen LogP contribution >= 0.6 is 34.8 Å². The molecule has 0 bridgehead atoms. The molecule has 1 saturated heterocycles. The minimum Gasteiger partial charge on any atom is -0.468 e. The lowest BCUT2D eigenvalue weighted by Gasteiger charge is -2.41. The van der Waals surface area contributed by atoms with E-state index in [4.69, 9.17) is 44.3 Å². The maximum absolute atomic E-state index is 13.5. The summed E-state index contributed by atoms with van der Waals surface area (Å²) in [6, 6.07) is 4.66. The van der Waals surface area contributed by atoms with E-state index in [1.54, 1.807) is 37.8 Å². The zero-order valence-electron chi connectivity index (χ0n) is 24.2. The summed E-state index contributed by atoms with van der Waals surface area (Å²) in [5, 5.41) is 22.5. The fourth-order valence-corrected chi connectivity index (χ4v) is 6.58. The molecule has 43 heavy (non-hydrogen) atoms. The number of carbonyl (C=O) groups excluding carboxylic acids is 2. The first-order valence-corrected chi connectivity index (χ1v) is 14.7. The van der Waals surface area contributed by atoms with Crippen LogP contribution in [0, 0.1) is 21.4 Å². The average Bonchev–Trinajstić information content (AvgIpc) is 2.91. The molecule has 0 radical (unpaired) electrons. The first-order chi connectivity index (χ1) is 20.2. The molecule has 2 aromatic rings. The quantitative estimate of drug-likeness (QED) is 0.165. The van der Waals surface area contributed by atoms with Crippen LogP contribution in [0.2, 0.25) is 15.3 Å². The van der Waals surface area contributed by atoms with Crippen molar-refractivity contribution in [2.75, 3.05) is 31.6 Å². The van der Waals surface area contributed by atoms with Gasteiger partial charge in [0.25, 0.3) is 0 Å². The molecule has 0 spiro atoms. The maximum atomic E-state index is 13.5. The van der Waals surface area contributed by atoms with E-state index in [2.05, 4.69) is 16.0 Å². The van der Waals surface area contributed by atoms with Gasteiger partial charge in [0.1, 0.15) is 11.3 Å². The van der Waals surface area contributed by atoms with Crippen molar-refractivity contribution in [3.05, 3.63) is 54.4 Å². The molecule has 2 atom stereocenters. The number of nitrogens with zero attached hydrogens (tertiary/aromatic N) is 6. The zero-order valence-corrected chi connectivity index (χ0v) is 26.4. The second-order valence-corrected chi connectivity index (χ2v) is 12.7. The summed E-state index contributed by atoms with van der Waals surface area (Å²) in [7, 11) is 1.25. The van der Waals surface area contributed by atoms with Gasteiger partial charge in [-0.1, -0.05) is 23.2 Å². The first-order valence-electron chi connectivity index (χ1n) is 13.6. The minimum absolute atomic E-state index is 0.0427. The third kappa shape index (κ3) is 6.74. The molecule has 2 aliphatic rings. The Bertz CT molecular complexity index is 1490. The number of hydrogen-bond acceptors (Lipinski definition) is 10. The highest BCUT2D eigenvalue weighted by molar-refractivity contribution is 6.35. The van der Waals surface area contributed by atoms with Crippen LogP contribution in [0.1, 0.15) is 56.9 Å². The number of halogens is 3. The molecule has 12 nitrogen and oxygen atoms in total. The number of benzene rings is 1. The van der Waals surface area contributed by atoms with Crippen molar-refractivity contribution in [2.24, 2.45) is 0 Å². The molecular formula is C28H31Cl3N6O6. The molecule has 1 aliphatic carbocycles. The molecule has 1 unspecified atom stereocenters. The molecule has 1 aliphatic heterocycles. The second-order valence-electron chi connectivity index (χ2n) is 11.5. The Morgan fingerprint density at radius 1 is 1.23 bits per heavy atom. The number of piperazine rings is 1. The van der Waals surface area contributed by atoms with Crippen LogP contribution in [0.5, 0.6) is 0 Å². The predicted octanol–water partition coefficient (Wildman–Crippen LogP) is 5.67. The van der Waals surface area contributed by atoms with Crippen LogP contribution in [0.25, 0.3) is 0 Å². The van der Waals surface area contributed by atoms with E-state index < -0.39 is 39.7 Å². The van der Waals surface area contributed by atoms with Crippen molar-refractivity contribution >= 4 is 58.4 Å². The molecule has 15 heteroatoms. The number of nitriles is 1. The number of hydrogen-bond donors (Lipinski definition) is 0. The highest BCUT2D eigenvalue weighted by Gasteiger charge is 2.48. The number of fused-ring (bicyclic) bond motifs is 1. The summed E-state index contributed by atoms with van der Waals surface area (Å²) in [5.74, 6) is -0.690. The van der Waals surface area contributed by atoms with Crippen LogP contribution in [0.15, 0.2) is 12.1 Å². The van der Waals surface area contributed by atoms with Gasteiger partial charge in [0, 0.05) is 36.1 Å². The lowest BCUT2D eigenvalue weighted by Crippen LogP contribution is -2.56. The highest BCUT2D eigenvalue weighted by Crippen LogP contribution is 2.46. The lowest BCUT2D eigenvalue weighted by atomic mass is 9.67. The smallest absolute Gasteiger partial charge is 0.410 e. The van der Waals surface area contributed by atoms with E-state index in [0.717, 1.165) is 0 Å². The average molecular weight is 654 g/mol. The molecule has 1 fully saturated rings. The summed E-state index contributed by atoms with van der Waals surface area (Å²) in [4.78, 5) is 49.9. The largest absolute Gasteiger partial charge is 0.468 e.